The largest absolute Gasteiger partial charge is 0.444 e. The van der Waals surface area contributed by atoms with E-state index < -0.39 is 35.0 Å². The van der Waals surface area contributed by atoms with Crippen LogP contribution >= 0.6 is 0 Å². The van der Waals surface area contributed by atoms with Crippen LogP contribution in [-0.2, 0) is 28.7 Å². The zero-order valence-electron chi connectivity index (χ0n) is 18.8. The van der Waals surface area contributed by atoms with Crippen LogP contribution in [0.2, 0.25) is 0 Å². The fraction of sp³-hybridized carbons (Fsp3) is 0.682. The number of aliphatic hydroxyl groups is 1. The summed E-state index contributed by atoms with van der Waals surface area (Å²) in [5.74, 6) is -0.316. The molecule has 7 nitrogen and oxygen atoms in total. The second-order valence-corrected chi connectivity index (χ2v) is 9.72. The number of alkyl halides is 3. The van der Waals surface area contributed by atoms with Crippen LogP contribution in [-0.4, -0.2) is 51.3 Å². The van der Waals surface area contributed by atoms with E-state index in [-0.39, 0.29) is 24.9 Å². The molecule has 0 spiro atoms. The summed E-state index contributed by atoms with van der Waals surface area (Å²) in [5.41, 5.74) is -1.72. The minimum absolute atomic E-state index is 0.00369. The highest BCUT2D eigenvalue weighted by molar-refractivity contribution is 5.84. The van der Waals surface area contributed by atoms with E-state index in [4.69, 9.17) is 4.74 Å². The van der Waals surface area contributed by atoms with Crippen LogP contribution in [0.15, 0.2) is 12.3 Å². The van der Waals surface area contributed by atoms with Crippen molar-refractivity contribution in [2.45, 2.75) is 83.8 Å². The highest BCUT2D eigenvalue weighted by Crippen LogP contribution is 2.44. The maximum atomic E-state index is 13.5. The number of alkyl carbamates (subject to hydrolysis) is 1. The Morgan fingerprint density at radius 1 is 1.34 bits per heavy atom. The Labute approximate surface area is 185 Å². The van der Waals surface area contributed by atoms with Gasteiger partial charge in [0, 0.05) is 37.4 Å². The first-order valence-electron chi connectivity index (χ1n) is 10.7. The smallest absolute Gasteiger partial charge is 0.417 e. The van der Waals surface area contributed by atoms with Crippen molar-refractivity contribution in [2.24, 2.45) is 5.41 Å². The molecule has 0 radical (unpaired) electrons. The third-order valence-corrected chi connectivity index (χ3v) is 6.15. The summed E-state index contributed by atoms with van der Waals surface area (Å²) in [6, 6.07) is 0.692. The van der Waals surface area contributed by atoms with Crippen molar-refractivity contribution >= 4 is 12.0 Å². The molecule has 0 aromatic carbocycles. The molecule has 1 aromatic rings. The lowest BCUT2D eigenvalue weighted by Gasteiger charge is -2.38. The third kappa shape index (κ3) is 5.16. The molecule has 1 aliphatic heterocycles. The molecule has 10 heteroatoms. The van der Waals surface area contributed by atoms with E-state index in [1.165, 1.54) is 11.8 Å². The fourth-order valence-corrected chi connectivity index (χ4v) is 4.49. The number of ether oxygens (including phenoxy) is 1. The van der Waals surface area contributed by atoms with Gasteiger partial charge in [0.2, 0.25) is 5.91 Å². The molecule has 3 rings (SSSR count). The second-order valence-electron chi connectivity index (χ2n) is 9.72. The SMILES string of the molecule is CC(O)C1(C(=O)N2CCc3ncc(C(F)(F)F)cc3C2)CCC(NC(=O)OC(C)(C)C)C1. The topological polar surface area (TPSA) is 91.8 Å². The van der Waals surface area contributed by atoms with E-state index in [0.717, 1.165) is 12.3 Å². The minimum atomic E-state index is -4.51. The van der Waals surface area contributed by atoms with Crippen LogP contribution < -0.4 is 5.32 Å². The van der Waals surface area contributed by atoms with E-state index in [1.807, 2.05) is 0 Å². The number of amides is 2. The lowest BCUT2D eigenvalue weighted by Crippen LogP contribution is -2.50. The van der Waals surface area contributed by atoms with E-state index in [0.29, 0.717) is 37.1 Å². The number of carbonyl (C=O) groups excluding carboxylic acids is 2. The molecule has 0 saturated heterocycles. The van der Waals surface area contributed by atoms with E-state index in [9.17, 15) is 27.9 Å². The number of pyridine rings is 1. The van der Waals surface area contributed by atoms with Crippen molar-refractivity contribution in [2.75, 3.05) is 6.54 Å². The molecule has 2 aliphatic rings. The van der Waals surface area contributed by atoms with E-state index >= 15 is 0 Å². The van der Waals surface area contributed by atoms with Crippen LogP contribution in [0, 0.1) is 5.41 Å². The number of halogens is 3. The van der Waals surface area contributed by atoms with Gasteiger partial charge in [-0.1, -0.05) is 0 Å². The van der Waals surface area contributed by atoms with Crippen molar-refractivity contribution in [3.63, 3.8) is 0 Å². The van der Waals surface area contributed by atoms with Gasteiger partial charge in [-0.05, 0) is 58.6 Å². The Balaban J connectivity index is 1.74. The maximum Gasteiger partial charge on any atom is 0.417 e. The Kier molecular flexibility index (Phi) is 6.48. The van der Waals surface area contributed by atoms with Crippen LogP contribution in [0.3, 0.4) is 0 Å². The van der Waals surface area contributed by atoms with Gasteiger partial charge in [0.05, 0.1) is 17.1 Å². The summed E-state index contributed by atoms with van der Waals surface area (Å²) in [7, 11) is 0. The van der Waals surface area contributed by atoms with E-state index in [1.54, 1.807) is 20.8 Å². The van der Waals surface area contributed by atoms with Gasteiger partial charge in [-0.3, -0.25) is 9.78 Å². The fourth-order valence-electron chi connectivity index (χ4n) is 4.49. The van der Waals surface area contributed by atoms with Gasteiger partial charge in [0.1, 0.15) is 5.60 Å². The molecule has 1 aliphatic carbocycles. The summed E-state index contributed by atoms with van der Waals surface area (Å²) < 4.78 is 44.5. The monoisotopic (exact) mass is 457 g/mol. The highest BCUT2D eigenvalue weighted by Gasteiger charge is 2.51. The number of fused-ring (bicyclic) bond motifs is 1. The molecule has 2 N–H and O–H groups in total. The summed E-state index contributed by atoms with van der Waals surface area (Å²) >= 11 is 0. The number of hydrogen-bond acceptors (Lipinski definition) is 5. The van der Waals surface area contributed by atoms with Crippen molar-refractivity contribution in [1.82, 2.24) is 15.2 Å². The van der Waals surface area contributed by atoms with Gasteiger partial charge < -0.3 is 20.1 Å². The summed E-state index contributed by atoms with van der Waals surface area (Å²) in [5, 5.41) is 13.3. The highest BCUT2D eigenvalue weighted by atomic mass is 19.4. The average Bonchev–Trinajstić information content (AvgIpc) is 3.09. The predicted molar refractivity (Wildman–Crippen MR) is 109 cm³/mol. The first-order chi connectivity index (χ1) is 14.7. The van der Waals surface area contributed by atoms with Gasteiger partial charge in [-0.25, -0.2) is 4.79 Å². The molecule has 1 saturated carbocycles. The lowest BCUT2D eigenvalue weighted by molar-refractivity contribution is -0.149. The van der Waals surface area contributed by atoms with Gasteiger partial charge in [0.15, 0.2) is 0 Å². The number of nitrogens with zero attached hydrogens (tertiary/aromatic N) is 2. The second kappa shape index (κ2) is 8.53. The first kappa shape index (κ1) is 24.3. The molecule has 2 heterocycles. The number of nitrogens with one attached hydrogen (secondary N) is 1. The molecular formula is C22H30F3N3O4. The molecule has 3 atom stereocenters. The van der Waals surface area contributed by atoms with Gasteiger partial charge in [0.25, 0.3) is 0 Å². The van der Waals surface area contributed by atoms with Crippen LogP contribution in [0.5, 0.6) is 0 Å². The van der Waals surface area contributed by atoms with Crippen molar-refractivity contribution in [3.8, 4) is 0 Å². The Morgan fingerprint density at radius 3 is 2.62 bits per heavy atom. The zero-order chi connectivity index (χ0) is 23.9. The molecular weight excluding hydrogens is 427 g/mol. The lowest BCUT2D eigenvalue weighted by atomic mass is 9.78. The molecule has 1 aromatic heterocycles. The standard InChI is InChI=1S/C22H30F3N3O4/c1-13(29)21(7-5-16(10-21)27-19(31)32-20(2,3)4)18(30)28-8-6-17-14(12-28)9-15(11-26-17)22(23,24)25/h9,11,13,16,29H,5-8,10,12H2,1-4H3,(H,27,31). The molecule has 2 amide bonds. The van der Waals surface area contributed by atoms with Crippen molar-refractivity contribution < 1.29 is 32.6 Å². The molecule has 0 bridgehead atoms. The summed E-state index contributed by atoms with van der Waals surface area (Å²) in [4.78, 5) is 31.0. The van der Waals surface area contributed by atoms with Crippen molar-refractivity contribution in [3.05, 3.63) is 29.1 Å². The minimum Gasteiger partial charge on any atom is -0.444 e. The summed E-state index contributed by atoms with van der Waals surface area (Å²) in [6.45, 7) is 7.09. The molecule has 3 unspecified atom stereocenters. The first-order valence-corrected chi connectivity index (χ1v) is 10.7. The number of hydrogen-bond donors (Lipinski definition) is 2. The number of aromatic nitrogens is 1. The normalized spacial score (nSPS) is 24.6. The van der Waals surface area contributed by atoms with Gasteiger partial charge in [-0.15, -0.1) is 0 Å². The van der Waals surface area contributed by atoms with Gasteiger partial charge in [-0.2, -0.15) is 13.2 Å². The Morgan fingerprint density at radius 2 is 2.03 bits per heavy atom. The van der Waals surface area contributed by atoms with Gasteiger partial charge >= 0.3 is 12.3 Å². The number of aliphatic hydroxyl groups excluding tert-OH is 1. The Hall–Kier alpha value is -2.36. The quantitative estimate of drug-likeness (QED) is 0.726. The van der Waals surface area contributed by atoms with E-state index in [2.05, 4.69) is 10.3 Å². The van der Waals surface area contributed by atoms with Crippen molar-refractivity contribution in [1.29, 1.82) is 0 Å². The predicted octanol–water partition coefficient (Wildman–Crippen LogP) is 3.43. The Bertz CT molecular complexity index is 882. The molecule has 1 fully saturated rings. The average molecular weight is 457 g/mol. The third-order valence-electron chi connectivity index (χ3n) is 6.15. The maximum absolute atomic E-state index is 13.5. The molecule has 178 valence electrons. The van der Waals surface area contributed by atoms with Crippen LogP contribution in [0.25, 0.3) is 0 Å². The van der Waals surface area contributed by atoms with Crippen LogP contribution in [0.4, 0.5) is 18.0 Å². The summed E-state index contributed by atoms with van der Waals surface area (Å²) in [6.07, 6.45) is -3.86. The number of carbonyl (C=O) groups is 2. The zero-order valence-corrected chi connectivity index (χ0v) is 18.8. The molecule has 32 heavy (non-hydrogen) atoms. The van der Waals surface area contributed by atoms with Crippen LogP contribution in [0.1, 0.15) is 63.8 Å². The number of rotatable bonds is 3.